The number of likely N-dealkylation sites (tertiary alicyclic amines) is 1. The number of hydrogen-bond donors (Lipinski definition) is 1. The summed E-state index contributed by atoms with van der Waals surface area (Å²) in [5.74, 6) is -0.113. The molecule has 3 aromatic rings. The normalized spacial score (nSPS) is 15.2. The summed E-state index contributed by atoms with van der Waals surface area (Å²) < 4.78 is 5.26. The van der Waals surface area contributed by atoms with Crippen LogP contribution in [-0.2, 0) is 0 Å². The molecule has 3 heterocycles. The smallest absolute Gasteiger partial charge is 0.349 e. The molecule has 0 spiro atoms. The van der Waals surface area contributed by atoms with Gasteiger partial charge < -0.3 is 14.3 Å². The van der Waals surface area contributed by atoms with Gasteiger partial charge in [-0.25, -0.2) is 4.79 Å². The molecular formula is C20H17ClN2O4. The average Bonchev–Trinajstić information content (AvgIpc) is 2.67. The lowest BCUT2D eigenvalue weighted by atomic mass is 9.90. The molecule has 1 aromatic carbocycles. The summed E-state index contributed by atoms with van der Waals surface area (Å²) in [5, 5.41) is 1.12. The molecule has 1 fully saturated rings. The fourth-order valence-electron chi connectivity index (χ4n) is 3.54. The van der Waals surface area contributed by atoms with Crippen LogP contribution in [0.15, 0.2) is 56.6 Å². The number of H-pyrrole nitrogens is 1. The quantitative estimate of drug-likeness (QED) is 0.688. The highest BCUT2D eigenvalue weighted by Crippen LogP contribution is 2.28. The van der Waals surface area contributed by atoms with Crippen LogP contribution in [0.2, 0.25) is 5.02 Å². The molecule has 6 nitrogen and oxygen atoms in total. The summed E-state index contributed by atoms with van der Waals surface area (Å²) in [6, 6.07) is 9.94. The van der Waals surface area contributed by atoms with Crippen molar-refractivity contribution in [2.24, 2.45) is 0 Å². The molecule has 138 valence electrons. The van der Waals surface area contributed by atoms with Crippen molar-refractivity contribution in [2.45, 2.75) is 18.8 Å². The SMILES string of the molecule is O=C(c1cc2cc(Cl)ccc2oc1=O)N1CCC(c2cc[nH]c(=O)c2)CC1. The van der Waals surface area contributed by atoms with Gasteiger partial charge in [0, 0.05) is 35.8 Å². The molecule has 2 aromatic heterocycles. The third-order valence-electron chi connectivity index (χ3n) is 4.98. The molecule has 1 saturated heterocycles. The number of nitrogens with one attached hydrogen (secondary N) is 1. The molecule has 27 heavy (non-hydrogen) atoms. The van der Waals surface area contributed by atoms with E-state index < -0.39 is 5.63 Å². The molecule has 0 saturated carbocycles. The van der Waals surface area contributed by atoms with Gasteiger partial charge in [-0.1, -0.05) is 11.6 Å². The van der Waals surface area contributed by atoms with Gasteiger partial charge in [0.05, 0.1) is 0 Å². The minimum atomic E-state index is -0.647. The summed E-state index contributed by atoms with van der Waals surface area (Å²) in [5.41, 5.74) is 0.615. The number of aromatic nitrogens is 1. The third kappa shape index (κ3) is 3.53. The molecule has 1 amide bonds. The van der Waals surface area contributed by atoms with Crippen LogP contribution in [0, 0.1) is 0 Å². The van der Waals surface area contributed by atoms with Crippen LogP contribution in [0.5, 0.6) is 0 Å². The number of amides is 1. The van der Waals surface area contributed by atoms with Gasteiger partial charge in [0.25, 0.3) is 5.91 Å². The molecule has 7 heteroatoms. The Balaban J connectivity index is 1.54. The number of carbonyl (C=O) groups is 1. The lowest BCUT2D eigenvalue weighted by molar-refractivity contribution is 0.0709. The number of hydrogen-bond acceptors (Lipinski definition) is 4. The Kier molecular flexibility index (Phi) is 4.58. The number of halogens is 1. The molecule has 1 aliphatic rings. The zero-order valence-corrected chi connectivity index (χ0v) is 15.2. The Bertz CT molecular complexity index is 1130. The predicted molar refractivity (Wildman–Crippen MR) is 102 cm³/mol. The number of pyridine rings is 1. The molecule has 0 bridgehead atoms. The van der Waals surface area contributed by atoms with Crippen LogP contribution in [-0.4, -0.2) is 28.9 Å². The lowest BCUT2D eigenvalue weighted by Crippen LogP contribution is -2.39. The molecule has 0 unspecified atom stereocenters. The van der Waals surface area contributed by atoms with E-state index in [0.717, 1.165) is 18.4 Å². The van der Waals surface area contributed by atoms with Gasteiger partial charge in [0.2, 0.25) is 5.56 Å². The number of benzene rings is 1. The number of piperidine rings is 1. The topological polar surface area (TPSA) is 83.4 Å². The van der Waals surface area contributed by atoms with Crippen molar-refractivity contribution in [1.29, 1.82) is 0 Å². The molecular weight excluding hydrogens is 368 g/mol. The molecule has 0 radical (unpaired) electrons. The fraction of sp³-hybridized carbons (Fsp3) is 0.250. The van der Waals surface area contributed by atoms with Crippen LogP contribution < -0.4 is 11.2 Å². The molecule has 0 atom stereocenters. The van der Waals surface area contributed by atoms with E-state index in [1.165, 1.54) is 6.07 Å². The zero-order valence-electron chi connectivity index (χ0n) is 14.4. The fourth-order valence-corrected chi connectivity index (χ4v) is 3.73. The highest BCUT2D eigenvalue weighted by molar-refractivity contribution is 6.31. The lowest BCUT2D eigenvalue weighted by Gasteiger charge is -2.32. The second-order valence-electron chi connectivity index (χ2n) is 6.68. The second kappa shape index (κ2) is 7.04. The molecule has 1 aliphatic heterocycles. The molecule has 4 rings (SSSR count). The highest BCUT2D eigenvalue weighted by atomic mass is 35.5. The van der Waals surface area contributed by atoms with Crippen molar-refractivity contribution in [2.75, 3.05) is 13.1 Å². The number of carbonyl (C=O) groups excluding carboxylic acids is 1. The van der Waals surface area contributed by atoms with E-state index in [1.54, 1.807) is 35.4 Å². The van der Waals surface area contributed by atoms with Gasteiger partial charge in [0.15, 0.2) is 0 Å². The zero-order chi connectivity index (χ0) is 19.0. The van der Waals surface area contributed by atoms with Crippen molar-refractivity contribution in [3.63, 3.8) is 0 Å². The van der Waals surface area contributed by atoms with E-state index >= 15 is 0 Å². The van der Waals surface area contributed by atoms with Crippen molar-refractivity contribution in [3.8, 4) is 0 Å². The monoisotopic (exact) mass is 384 g/mol. The Morgan fingerprint density at radius 1 is 1.11 bits per heavy atom. The standard InChI is InChI=1S/C20H17ClN2O4/c21-15-1-2-17-14(9-15)10-16(20(26)27-17)19(25)23-7-4-12(5-8-23)13-3-6-22-18(24)11-13/h1-3,6,9-12H,4-5,7-8H2,(H,22,24). The first-order valence-electron chi connectivity index (χ1n) is 8.72. The first kappa shape index (κ1) is 17.5. The average molecular weight is 385 g/mol. The van der Waals surface area contributed by atoms with Crippen LogP contribution in [0.1, 0.15) is 34.7 Å². The maximum absolute atomic E-state index is 12.8. The van der Waals surface area contributed by atoms with Crippen molar-refractivity contribution >= 4 is 28.5 Å². The van der Waals surface area contributed by atoms with Crippen LogP contribution in [0.25, 0.3) is 11.0 Å². The van der Waals surface area contributed by atoms with Gasteiger partial charge in [-0.2, -0.15) is 0 Å². The Hall–Kier alpha value is -2.86. The van der Waals surface area contributed by atoms with Gasteiger partial charge >= 0.3 is 5.63 Å². The second-order valence-corrected chi connectivity index (χ2v) is 7.12. The number of aromatic amines is 1. The highest BCUT2D eigenvalue weighted by Gasteiger charge is 2.26. The molecule has 1 N–H and O–H groups in total. The van der Waals surface area contributed by atoms with E-state index in [2.05, 4.69) is 4.98 Å². The van der Waals surface area contributed by atoms with Crippen molar-refractivity contribution in [3.05, 3.63) is 79.5 Å². The summed E-state index contributed by atoms with van der Waals surface area (Å²) in [4.78, 5) is 40.8. The Morgan fingerprint density at radius 2 is 1.89 bits per heavy atom. The summed E-state index contributed by atoms with van der Waals surface area (Å²) in [7, 11) is 0. The van der Waals surface area contributed by atoms with Gasteiger partial charge in [0.1, 0.15) is 11.1 Å². The van der Waals surface area contributed by atoms with Crippen molar-refractivity contribution < 1.29 is 9.21 Å². The summed E-state index contributed by atoms with van der Waals surface area (Å²) in [6.45, 7) is 1.03. The Morgan fingerprint density at radius 3 is 2.63 bits per heavy atom. The van der Waals surface area contributed by atoms with Crippen LogP contribution in [0.4, 0.5) is 0 Å². The first-order chi connectivity index (χ1) is 13.0. The van der Waals surface area contributed by atoms with E-state index in [-0.39, 0.29) is 22.9 Å². The van der Waals surface area contributed by atoms with E-state index in [4.69, 9.17) is 16.0 Å². The number of rotatable bonds is 2. The van der Waals surface area contributed by atoms with Gasteiger partial charge in [-0.3, -0.25) is 9.59 Å². The van der Waals surface area contributed by atoms with Crippen LogP contribution in [0.3, 0.4) is 0 Å². The van der Waals surface area contributed by atoms with Crippen LogP contribution >= 0.6 is 11.6 Å². The first-order valence-corrected chi connectivity index (χ1v) is 9.10. The third-order valence-corrected chi connectivity index (χ3v) is 5.21. The minimum absolute atomic E-state index is 0.0133. The largest absolute Gasteiger partial charge is 0.422 e. The molecule has 0 aliphatic carbocycles. The summed E-state index contributed by atoms with van der Waals surface area (Å²) >= 11 is 5.98. The summed E-state index contributed by atoms with van der Waals surface area (Å²) in [6.07, 6.45) is 3.11. The minimum Gasteiger partial charge on any atom is -0.422 e. The number of nitrogens with zero attached hydrogens (tertiary/aromatic N) is 1. The number of fused-ring (bicyclic) bond motifs is 1. The maximum Gasteiger partial charge on any atom is 0.349 e. The van der Waals surface area contributed by atoms with E-state index in [1.807, 2.05) is 6.07 Å². The van der Waals surface area contributed by atoms with Gasteiger partial charge in [-0.15, -0.1) is 0 Å². The maximum atomic E-state index is 12.8. The van der Waals surface area contributed by atoms with Gasteiger partial charge in [-0.05, 0) is 54.7 Å². The van der Waals surface area contributed by atoms with E-state index in [0.29, 0.717) is 29.1 Å². The Labute approximate surface area is 159 Å². The van der Waals surface area contributed by atoms with Crippen molar-refractivity contribution in [1.82, 2.24) is 9.88 Å². The van der Waals surface area contributed by atoms with E-state index in [9.17, 15) is 14.4 Å². The predicted octanol–water partition coefficient (Wildman–Crippen LogP) is 3.15.